The van der Waals surface area contributed by atoms with Crippen LogP contribution < -0.4 is 5.32 Å². The first kappa shape index (κ1) is 15.1. The minimum absolute atomic E-state index is 0.0715. The lowest BCUT2D eigenvalue weighted by atomic mass is 10.1. The topological polar surface area (TPSA) is 63.2 Å². The van der Waals surface area contributed by atoms with Crippen LogP contribution in [0.1, 0.15) is 51.4 Å². The minimum atomic E-state index is -3.26. The Balaban J connectivity index is 1.99. The van der Waals surface area contributed by atoms with Crippen molar-refractivity contribution in [1.29, 1.82) is 0 Å². The summed E-state index contributed by atoms with van der Waals surface area (Å²) < 4.78 is 23.8. The molecule has 0 bridgehead atoms. The van der Waals surface area contributed by atoms with Crippen LogP contribution in [0.4, 0.5) is 0 Å². The molecule has 19 heavy (non-hydrogen) atoms. The van der Waals surface area contributed by atoms with E-state index in [0.29, 0.717) is 12.8 Å². The summed E-state index contributed by atoms with van der Waals surface area (Å²) >= 11 is 6.28. The van der Waals surface area contributed by atoms with Crippen LogP contribution in [0.3, 0.4) is 0 Å². The Hall–Kier alpha value is -0.290. The van der Waals surface area contributed by atoms with Crippen LogP contribution >= 0.6 is 11.6 Å². The van der Waals surface area contributed by atoms with E-state index in [0.717, 1.165) is 38.5 Å². The Morgan fingerprint density at radius 1 is 1.00 bits per heavy atom. The van der Waals surface area contributed by atoms with Gasteiger partial charge in [-0.15, -0.1) is 11.6 Å². The molecule has 1 heterocycles. The number of carbonyl (C=O) groups excluding carboxylic acids is 1. The fourth-order valence-electron chi connectivity index (χ4n) is 2.95. The molecule has 1 saturated heterocycles. The monoisotopic (exact) mass is 307 g/mol. The molecule has 1 N–H and O–H groups in total. The van der Waals surface area contributed by atoms with Crippen LogP contribution in [0, 0.1) is 0 Å². The van der Waals surface area contributed by atoms with Crippen molar-refractivity contribution in [1.82, 2.24) is 5.32 Å². The molecule has 2 fully saturated rings. The summed E-state index contributed by atoms with van der Waals surface area (Å²) in [4.78, 5) is 12.2. The highest BCUT2D eigenvalue weighted by Gasteiger charge is 2.36. The summed E-state index contributed by atoms with van der Waals surface area (Å²) in [7, 11) is -3.26. The number of nitrogens with one attached hydrogen (secondary N) is 1. The van der Waals surface area contributed by atoms with Crippen LogP contribution in [0.25, 0.3) is 0 Å². The zero-order valence-electron chi connectivity index (χ0n) is 11.1. The van der Waals surface area contributed by atoms with Crippen molar-refractivity contribution >= 4 is 27.3 Å². The molecule has 4 nitrogen and oxygen atoms in total. The smallest absolute Gasteiger partial charge is 0.238 e. The summed E-state index contributed by atoms with van der Waals surface area (Å²) in [5, 5.41) is 1.96. The van der Waals surface area contributed by atoms with Crippen LogP contribution in [0.2, 0.25) is 0 Å². The molecule has 0 aromatic heterocycles. The average Bonchev–Trinajstić information content (AvgIpc) is 2.54. The summed E-state index contributed by atoms with van der Waals surface area (Å²) in [5.74, 6) is -0.197. The van der Waals surface area contributed by atoms with Crippen molar-refractivity contribution in [2.75, 3.05) is 5.75 Å². The van der Waals surface area contributed by atoms with E-state index in [-0.39, 0.29) is 23.1 Å². The Bertz CT molecular complexity index is 424. The first-order valence-corrected chi connectivity index (χ1v) is 9.32. The third-order valence-corrected chi connectivity index (χ3v) is 6.83. The highest BCUT2D eigenvalue weighted by molar-refractivity contribution is 7.92. The molecule has 3 unspecified atom stereocenters. The van der Waals surface area contributed by atoms with Crippen molar-refractivity contribution in [3.63, 3.8) is 0 Å². The number of carbonyl (C=O) groups is 1. The third-order valence-electron chi connectivity index (χ3n) is 4.13. The number of hydrogen-bond acceptors (Lipinski definition) is 3. The van der Waals surface area contributed by atoms with Gasteiger partial charge in [0, 0.05) is 6.04 Å². The molecule has 2 aliphatic rings. The van der Waals surface area contributed by atoms with Gasteiger partial charge in [-0.25, -0.2) is 8.42 Å². The molecule has 3 atom stereocenters. The Morgan fingerprint density at radius 3 is 2.42 bits per heavy atom. The number of sulfone groups is 1. The van der Waals surface area contributed by atoms with E-state index in [1.54, 1.807) is 0 Å². The third kappa shape index (κ3) is 3.85. The van der Waals surface area contributed by atoms with Gasteiger partial charge >= 0.3 is 0 Å². The number of amides is 1. The fraction of sp³-hybridized carbons (Fsp3) is 0.923. The van der Waals surface area contributed by atoms with Crippen molar-refractivity contribution in [3.05, 3.63) is 0 Å². The number of rotatable bonds is 2. The lowest BCUT2D eigenvalue weighted by molar-refractivity contribution is -0.121. The van der Waals surface area contributed by atoms with Crippen LogP contribution in [-0.2, 0) is 14.6 Å². The molecule has 0 aromatic carbocycles. The first-order valence-electron chi connectivity index (χ1n) is 7.17. The molecule has 0 radical (unpaired) electrons. The average molecular weight is 308 g/mol. The van der Waals surface area contributed by atoms with Crippen molar-refractivity contribution in [2.24, 2.45) is 0 Å². The highest BCUT2D eigenvalue weighted by Crippen LogP contribution is 2.24. The van der Waals surface area contributed by atoms with E-state index in [1.165, 1.54) is 0 Å². The van der Waals surface area contributed by atoms with E-state index < -0.39 is 15.1 Å². The second kappa shape index (κ2) is 6.44. The standard InChI is InChI=1S/C13H22ClNO3S/c14-10-6-2-1-3-7-11(10)15-13(16)12-8-4-5-9-19(12,17)18/h10-12H,1-9H2,(H,15,16). The Morgan fingerprint density at radius 2 is 1.68 bits per heavy atom. The number of halogens is 1. The van der Waals surface area contributed by atoms with E-state index in [9.17, 15) is 13.2 Å². The molecule has 1 aliphatic carbocycles. The largest absolute Gasteiger partial charge is 0.351 e. The molecule has 1 aliphatic heterocycles. The predicted molar refractivity (Wildman–Crippen MR) is 76.1 cm³/mol. The van der Waals surface area contributed by atoms with Gasteiger partial charge in [-0.1, -0.05) is 25.7 Å². The maximum Gasteiger partial charge on any atom is 0.238 e. The normalized spacial score (nSPS) is 35.3. The minimum Gasteiger partial charge on any atom is -0.351 e. The molecular weight excluding hydrogens is 286 g/mol. The van der Waals surface area contributed by atoms with Crippen LogP contribution in [0.5, 0.6) is 0 Å². The van der Waals surface area contributed by atoms with E-state index in [2.05, 4.69) is 5.32 Å². The second-order valence-corrected chi connectivity index (χ2v) is 8.48. The molecule has 0 spiro atoms. The quantitative estimate of drug-likeness (QED) is 0.627. The second-order valence-electron chi connectivity index (χ2n) is 5.62. The van der Waals surface area contributed by atoms with Gasteiger partial charge in [0.1, 0.15) is 5.25 Å². The van der Waals surface area contributed by atoms with Crippen LogP contribution in [0.15, 0.2) is 0 Å². The van der Waals surface area contributed by atoms with Gasteiger partial charge in [-0.05, 0) is 25.7 Å². The molecule has 2 rings (SSSR count). The van der Waals surface area contributed by atoms with Crippen LogP contribution in [-0.4, -0.2) is 36.7 Å². The highest BCUT2D eigenvalue weighted by atomic mass is 35.5. The van der Waals surface area contributed by atoms with Gasteiger partial charge in [0.25, 0.3) is 0 Å². The molecule has 6 heteroatoms. The van der Waals surface area contributed by atoms with Gasteiger partial charge in [-0.2, -0.15) is 0 Å². The van der Waals surface area contributed by atoms with Crippen molar-refractivity contribution in [3.8, 4) is 0 Å². The van der Waals surface area contributed by atoms with Gasteiger partial charge in [0.15, 0.2) is 9.84 Å². The number of alkyl halides is 1. The van der Waals surface area contributed by atoms with Crippen molar-refractivity contribution in [2.45, 2.75) is 68.0 Å². The summed E-state index contributed by atoms with van der Waals surface area (Å²) in [6, 6.07) is -0.0752. The molecule has 110 valence electrons. The summed E-state index contributed by atoms with van der Waals surface area (Å²) in [6.45, 7) is 0. The zero-order chi connectivity index (χ0) is 13.9. The number of hydrogen-bond donors (Lipinski definition) is 1. The Kier molecular flexibility index (Phi) is 5.12. The van der Waals surface area contributed by atoms with Crippen molar-refractivity contribution < 1.29 is 13.2 Å². The van der Waals surface area contributed by atoms with Gasteiger partial charge in [0.05, 0.1) is 11.1 Å². The van der Waals surface area contributed by atoms with E-state index in [1.807, 2.05) is 0 Å². The zero-order valence-corrected chi connectivity index (χ0v) is 12.7. The SMILES string of the molecule is O=C(NC1CCCCCC1Cl)C1CCCCS1(=O)=O. The molecule has 1 saturated carbocycles. The van der Waals surface area contributed by atoms with Gasteiger partial charge < -0.3 is 5.32 Å². The predicted octanol–water partition coefficient (Wildman–Crippen LogP) is 2.01. The van der Waals surface area contributed by atoms with Gasteiger partial charge in [0.2, 0.25) is 5.91 Å². The lowest BCUT2D eigenvalue weighted by Crippen LogP contribution is -2.49. The first-order chi connectivity index (χ1) is 9.00. The Labute approximate surface area is 120 Å². The fourth-order valence-corrected chi connectivity index (χ4v) is 5.10. The molecular formula is C13H22ClNO3S. The lowest BCUT2D eigenvalue weighted by Gasteiger charge is -2.26. The maximum atomic E-state index is 12.2. The van der Waals surface area contributed by atoms with Gasteiger partial charge in [-0.3, -0.25) is 4.79 Å². The maximum absolute atomic E-state index is 12.2. The van der Waals surface area contributed by atoms with E-state index >= 15 is 0 Å². The molecule has 1 amide bonds. The summed E-state index contributed by atoms with van der Waals surface area (Å²) in [5.41, 5.74) is 0. The van der Waals surface area contributed by atoms with E-state index in [4.69, 9.17) is 11.6 Å². The molecule has 0 aromatic rings. The summed E-state index contributed by atoms with van der Waals surface area (Å²) in [6.07, 6.45) is 6.95.